The van der Waals surface area contributed by atoms with Crippen LogP contribution in [0.2, 0.25) is 0 Å². The van der Waals surface area contributed by atoms with Crippen molar-refractivity contribution in [3.05, 3.63) is 12.0 Å². The van der Waals surface area contributed by atoms with Gasteiger partial charge in [0, 0.05) is 7.05 Å². The Hall–Kier alpha value is -1.34. The van der Waals surface area contributed by atoms with Crippen molar-refractivity contribution in [2.75, 3.05) is 11.2 Å². The molecule has 3 N–H and O–H groups in total. The van der Waals surface area contributed by atoms with Crippen LogP contribution in [0.1, 0.15) is 32.0 Å². The summed E-state index contributed by atoms with van der Waals surface area (Å²) in [5.41, 5.74) is 3.43. The van der Waals surface area contributed by atoms with Gasteiger partial charge in [-0.05, 0) is 12.2 Å². The van der Waals surface area contributed by atoms with Crippen LogP contribution in [0.3, 0.4) is 0 Å². The zero-order chi connectivity index (χ0) is 13.7. The number of aromatic nitrogens is 4. The maximum Gasteiger partial charge on any atom is 0.163 e. The monoisotopic (exact) mass is 280 g/mol. The van der Waals surface area contributed by atoms with Crippen LogP contribution >= 0.6 is 11.8 Å². The SMILES string of the molecule is CCCCCSCc1nc(NN)c2cnn(C)c2n1. The van der Waals surface area contributed by atoms with Gasteiger partial charge in [0.15, 0.2) is 11.5 Å². The molecule has 0 bridgehead atoms. The number of aryl methyl sites for hydroxylation is 1. The maximum atomic E-state index is 5.50. The number of unbranched alkanes of at least 4 members (excludes halogenated alkanes) is 2. The van der Waals surface area contributed by atoms with E-state index in [2.05, 4.69) is 27.4 Å². The minimum absolute atomic E-state index is 0.641. The molecule has 19 heavy (non-hydrogen) atoms. The molecule has 0 saturated heterocycles. The van der Waals surface area contributed by atoms with Crippen LogP contribution in [0.25, 0.3) is 11.0 Å². The third-order valence-corrected chi connectivity index (χ3v) is 3.94. The fraction of sp³-hybridized carbons (Fsp3) is 0.583. The molecule has 2 aromatic heterocycles. The summed E-state index contributed by atoms with van der Waals surface area (Å²) in [6, 6.07) is 0. The van der Waals surface area contributed by atoms with E-state index in [9.17, 15) is 0 Å². The lowest BCUT2D eigenvalue weighted by Gasteiger charge is -2.05. The number of nitrogens with zero attached hydrogens (tertiary/aromatic N) is 4. The number of nitrogens with one attached hydrogen (secondary N) is 1. The number of fused-ring (bicyclic) bond motifs is 1. The van der Waals surface area contributed by atoms with Crippen molar-refractivity contribution in [3.8, 4) is 0 Å². The molecule has 6 nitrogen and oxygen atoms in total. The van der Waals surface area contributed by atoms with Crippen molar-refractivity contribution in [2.45, 2.75) is 31.9 Å². The molecule has 0 amide bonds. The molecule has 0 aliphatic carbocycles. The fourth-order valence-corrected chi connectivity index (χ4v) is 2.72. The molecule has 0 aromatic carbocycles. The van der Waals surface area contributed by atoms with Crippen LogP contribution in [-0.2, 0) is 12.8 Å². The van der Waals surface area contributed by atoms with Crippen LogP contribution in [-0.4, -0.2) is 25.5 Å². The maximum absolute atomic E-state index is 5.50. The Morgan fingerprint density at radius 1 is 1.37 bits per heavy atom. The lowest BCUT2D eigenvalue weighted by molar-refractivity contribution is 0.777. The zero-order valence-corrected chi connectivity index (χ0v) is 12.2. The number of nitrogen functional groups attached to an aromatic ring is 1. The molecule has 0 saturated carbocycles. The first kappa shape index (κ1) is 14.1. The van der Waals surface area contributed by atoms with E-state index >= 15 is 0 Å². The Bertz CT molecular complexity index is 538. The van der Waals surface area contributed by atoms with E-state index in [-0.39, 0.29) is 0 Å². The highest BCUT2D eigenvalue weighted by Crippen LogP contribution is 2.20. The summed E-state index contributed by atoms with van der Waals surface area (Å²) >= 11 is 1.86. The summed E-state index contributed by atoms with van der Waals surface area (Å²) < 4.78 is 1.74. The van der Waals surface area contributed by atoms with Gasteiger partial charge in [-0.3, -0.25) is 4.68 Å². The van der Waals surface area contributed by atoms with E-state index < -0.39 is 0 Å². The van der Waals surface area contributed by atoms with Gasteiger partial charge in [0.1, 0.15) is 5.82 Å². The second kappa shape index (κ2) is 6.72. The van der Waals surface area contributed by atoms with E-state index in [4.69, 9.17) is 5.84 Å². The molecule has 0 unspecified atom stereocenters. The van der Waals surface area contributed by atoms with Crippen molar-refractivity contribution in [3.63, 3.8) is 0 Å². The van der Waals surface area contributed by atoms with Crippen LogP contribution in [0.15, 0.2) is 6.20 Å². The molecular weight excluding hydrogens is 260 g/mol. The Morgan fingerprint density at radius 3 is 2.95 bits per heavy atom. The van der Waals surface area contributed by atoms with E-state index in [0.717, 1.165) is 28.4 Å². The molecule has 7 heteroatoms. The van der Waals surface area contributed by atoms with Gasteiger partial charge in [0.2, 0.25) is 0 Å². The zero-order valence-electron chi connectivity index (χ0n) is 11.4. The number of hydrazine groups is 1. The molecule has 2 heterocycles. The summed E-state index contributed by atoms with van der Waals surface area (Å²) in [6.45, 7) is 2.21. The minimum Gasteiger partial charge on any atom is -0.308 e. The van der Waals surface area contributed by atoms with Gasteiger partial charge < -0.3 is 5.43 Å². The number of thioether (sulfide) groups is 1. The van der Waals surface area contributed by atoms with Gasteiger partial charge in [-0.25, -0.2) is 15.8 Å². The predicted molar refractivity (Wildman–Crippen MR) is 79.8 cm³/mol. The van der Waals surface area contributed by atoms with Gasteiger partial charge in [-0.1, -0.05) is 19.8 Å². The number of hydrogen-bond donors (Lipinski definition) is 2. The Kier molecular flexibility index (Phi) is 4.98. The number of anilines is 1. The normalized spacial score (nSPS) is 11.1. The minimum atomic E-state index is 0.641. The average Bonchev–Trinajstić information content (AvgIpc) is 2.80. The standard InChI is InChI=1S/C12H20N6S/c1-3-4-5-6-19-8-10-15-11(17-13)9-7-14-18(2)12(9)16-10/h7H,3-6,8,13H2,1-2H3,(H,15,16,17). The van der Waals surface area contributed by atoms with E-state index in [1.165, 1.54) is 19.3 Å². The molecule has 0 atom stereocenters. The van der Waals surface area contributed by atoms with Gasteiger partial charge in [-0.2, -0.15) is 16.9 Å². The third-order valence-electron chi connectivity index (χ3n) is 2.90. The van der Waals surface area contributed by atoms with Crippen LogP contribution in [0, 0.1) is 0 Å². The van der Waals surface area contributed by atoms with Crippen molar-refractivity contribution < 1.29 is 0 Å². The van der Waals surface area contributed by atoms with Crippen molar-refractivity contribution in [1.82, 2.24) is 19.7 Å². The van der Waals surface area contributed by atoms with Gasteiger partial charge >= 0.3 is 0 Å². The lowest BCUT2D eigenvalue weighted by atomic mass is 10.3. The van der Waals surface area contributed by atoms with Crippen molar-refractivity contribution in [2.24, 2.45) is 12.9 Å². The molecular formula is C12H20N6S. The van der Waals surface area contributed by atoms with Crippen molar-refractivity contribution in [1.29, 1.82) is 0 Å². The summed E-state index contributed by atoms with van der Waals surface area (Å²) in [5.74, 6) is 8.89. The highest BCUT2D eigenvalue weighted by Gasteiger charge is 2.10. The number of nitrogens with two attached hydrogens (primary N) is 1. The Labute approximate surface area is 117 Å². The summed E-state index contributed by atoms with van der Waals surface area (Å²) in [7, 11) is 1.87. The molecule has 2 rings (SSSR count). The predicted octanol–water partition coefficient (Wildman–Crippen LogP) is 2.07. The number of rotatable bonds is 7. The van der Waals surface area contributed by atoms with E-state index in [0.29, 0.717) is 5.82 Å². The highest BCUT2D eigenvalue weighted by atomic mass is 32.2. The smallest absolute Gasteiger partial charge is 0.163 e. The van der Waals surface area contributed by atoms with Crippen LogP contribution < -0.4 is 11.3 Å². The average molecular weight is 280 g/mol. The molecule has 0 spiro atoms. The molecule has 2 aromatic rings. The second-order valence-electron chi connectivity index (χ2n) is 4.40. The molecule has 104 valence electrons. The highest BCUT2D eigenvalue weighted by molar-refractivity contribution is 7.98. The molecule has 0 aliphatic rings. The first-order chi connectivity index (χ1) is 9.26. The largest absolute Gasteiger partial charge is 0.308 e. The first-order valence-corrected chi connectivity index (χ1v) is 7.64. The van der Waals surface area contributed by atoms with Gasteiger partial charge in [0.25, 0.3) is 0 Å². The lowest BCUT2D eigenvalue weighted by Crippen LogP contribution is -2.11. The Balaban J connectivity index is 2.08. The summed E-state index contributed by atoms with van der Waals surface area (Å²) in [5, 5.41) is 5.03. The Morgan fingerprint density at radius 2 is 2.21 bits per heavy atom. The summed E-state index contributed by atoms with van der Waals surface area (Å²) in [6.07, 6.45) is 5.50. The van der Waals surface area contributed by atoms with E-state index in [1.807, 2.05) is 18.8 Å². The van der Waals surface area contributed by atoms with Gasteiger partial charge in [0.05, 0.1) is 17.3 Å². The molecule has 0 fully saturated rings. The topological polar surface area (TPSA) is 81.6 Å². The quantitative estimate of drug-likeness (QED) is 0.459. The van der Waals surface area contributed by atoms with E-state index in [1.54, 1.807) is 10.9 Å². The number of hydrogen-bond acceptors (Lipinski definition) is 6. The summed E-state index contributed by atoms with van der Waals surface area (Å²) in [4.78, 5) is 8.96. The second-order valence-corrected chi connectivity index (χ2v) is 5.50. The van der Waals surface area contributed by atoms with Crippen molar-refractivity contribution >= 4 is 28.6 Å². The first-order valence-electron chi connectivity index (χ1n) is 6.49. The van der Waals surface area contributed by atoms with Gasteiger partial charge in [-0.15, -0.1) is 0 Å². The molecule has 0 aliphatic heterocycles. The molecule has 0 radical (unpaired) electrons. The fourth-order valence-electron chi connectivity index (χ4n) is 1.86. The van der Waals surface area contributed by atoms with Crippen LogP contribution in [0.5, 0.6) is 0 Å². The van der Waals surface area contributed by atoms with Crippen LogP contribution in [0.4, 0.5) is 5.82 Å². The third kappa shape index (κ3) is 3.36.